The Bertz CT molecular complexity index is 1100. The number of aryl methyl sites for hydroxylation is 1. The van der Waals surface area contributed by atoms with E-state index in [4.69, 9.17) is 9.47 Å². The van der Waals surface area contributed by atoms with Gasteiger partial charge in [0.15, 0.2) is 0 Å². The van der Waals surface area contributed by atoms with Crippen molar-refractivity contribution in [2.75, 3.05) is 7.11 Å². The number of pyridine rings is 1. The summed E-state index contributed by atoms with van der Waals surface area (Å²) in [6.07, 6.45) is -0.755. The molecule has 0 saturated heterocycles. The van der Waals surface area contributed by atoms with Gasteiger partial charge in [0.1, 0.15) is 23.2 Å². The second kappa shape index (κ2) is 5.85. The van der Waals surface area contributed by atoms with Crippen LogP contribution in [0.5, 0.6) is 11.5 Å². The molecule has 2 heterocycles. The second-order valence-electron chi connectivity index (χ2n) is 7.17. The number of methoxy groups -OCH3 is 1. The fourth-order valence-corrected chi connectivity index (χ4v) is 4.30. The molecule has 0 amide bonds. The molecule has 1 aliphatic heterocycles. The van der Waals surface area contributed by atoms with Crippen molar-refractivity contribution < 1.29 is 14.6 Å². The molecule has 3 aromatic rings. The van der Waals surface area contributed by atoms with E-state index in [1.165, 1.54) is 0 Å². The van der Waals surface area contributed by atoms with Crippen molar-refractivity contribution in [2.24, 2.45) is 7.05 Å². The van der Waals surface area contributed by atoms with Gasteiger partial charge in [0.25, 0.3) is 0 Å². The lowest BCUT2D eigenvalue weighted by Crippen LogP contribution is -2.45. The summed E-state index contributed by atoms with van der Waals surface area (Å²) in [6, 6.07) is 9.19. The number of aliphatic hydroxyl groups is 1. The number of para-hydroxylation sites is 1. The number of nitrogens with zero attached hydrogens (tertiary/aromatic N) is 1. The smallest absolute Gasteiger partial charge is 0.200 e. The van der Waals surface area contributed by atoms with Gasteiger partial charge in [0.05, 0.1) is 27.5 Å². The number of benzene rings is 2. The van der Waals surface area contributed by atoms with Crippen LogP contribution in [0.2, 0.25) is 0 Å². The zero-order valence-electron chi connectivity index (χ0n) is 15.0. The topological polar surface area (TPSA) is 60.7 Å². The molecule has 0 saturated carbocycles. The minimum Gasteiger partial charge on any atom is -0.496 e. The normalized spacial score (nSPS) is 21.5. The summed E-state index contributed by atoms with van der Waals surface area (Å²) < 4.78 is 13.5. The number of rotatable bonds is 1. The SMILES string of the molecule is COc1cc2c(c3c1c(=O)c1ccccc1n3C)[C@H](O)[C@@H](I)C(C)(C)O2. The van der Waals surface area contributed by atoms with Crippen molar-refractivity contribution in [3.63, 3.8) is 0 Å². The Morgan fingerprint density at radius 3 is 2.69 bits per heavy atom. The molecule has 2 atom stereocenters. The summed E-state index contributed by atoms with van der Waals surface area (Å²) in [5, 5.41) is 12.2. The van der Waals surface area contributed by atoms with Crippen molar-refractivity contribution in [3.05, 3.63) is 46.1 Å². The molecule has 1 aliphatic rings. The maximum atomic E-state index is 13.2. The summed E-state index contributed by atoms with van der Waals surface area (Å²) >= 11 is 2.22. The van der Waals surface area contributed by atoms with Gasteiger partial charge < -0.3 is 19.1 Å². The lowest BCUT2D eigenvalue weighted by Gasteiger charge is -2.41. The molecular weight excluding hydrogens is 445 g/mol. The van der Waals surface area contributed by atoms with Gasteiger partial charge in [-0.3, -0.25) is 4.79 Å². The van der Waals surface area contributed by atoms with Gasteiger partial charge in [0, 0.05) is 24.1 Å². The lowest BCUT2D eigenvalue weighted by molar-refractivity contribution is 0.0269. The van der Waals surface area contributed by atoms with Crippen LogP contribution in [0.25, 0.3) is 21.8 Å². The molecule has 0 spiro atoms. The Kier molecular flexibility index (Phi) is 3.96. The monoisotopic (exact) mass is 465 g/mol. The van der Waals surface area contributed by atoms with Crippen LogP contribution < -0.4 is 14.9 Å². The zero-order chi connectivity index (χ0) is 18.8. The molecule has 0 unspecified atom stereocenters. The molecule has 1 aromatic heterocycles. The number of alkyl halides is 1. The first kappa shape index (κ1) is 17.6. The van der Waals surface area contributed by atoms with Gasteiger partial charge in [-0.15, -0.1) is 0 Å². The van der Waals surface area contributed by atoms with E-state index in [2.05, 4.69) is 22.6 Å². The summed E-state index contributed by atoms with van der Waals surface area (Å²) in [5.74, 6) is 1.02. The third-order valence-electron chi connectivity index (χ3n) is 5.17. The number of fused-ring (bicyclic) bond motifs is 4. The van der Waals surface area contributed by atoms with Crippen LogP contribution in [0.4, 0.5) is 0 Å². The van der Waals surface area contributed by atoms with E-state index in [0.717, 1.165) is 5.52 Å². The number of halogens is 1. The Morgan fingerprint density at radius 1 is 1.31 bits per heavy atom. The van der Waals surface area contributed by atoms with Gasteiger partial charge in [-0.05, 0) is 26.0 Å². The highest BCUT2D eigenvalue weighted by Gasteiger charge is 2.43. The molecule has 0 radical (unpaired) electrons. The molecule has 136 valence electrons. The Labute approximate surface area is 164 Å². The van der Waals surface area contributed by atoms with Gasteiger partial charge in [-0.25, -0.2) is 0 Å². The van der Waals surface area contributed by atoms with Crippen molar-refractivity contribution in [1.82, 2.24) is 4.57 Å². The molecule has 1 N–H and O–H groups in total. The number of hydrogen-bond donors (Lipinski definition) is 1. The first-order valence-electron chi connectivity index (χ1n) is 8.41. The summed E-state index contributed by atoms with van der Waals surface area (Å²) in [6.45, 7) is 3.90. The molecule has 6 heteroatoms. The standard InChI is InChI=1S/C20H20INO4/c1-20(2)19(21)18(24)15-13(26-20)9-12(25-4)14-16(15)22(3)11-8-6-5-7-10(11)17(14)23/h5-9,18-19,24H,1-4H3/t18-,19+/m0/s1. The first-order valence-corrected chi connectivity index (χ1v) is 9.66. The second-order valence-corrected chi connectivity index (χ2v) is 8.51. The number of ether oxygens (including phenoxy) is 2. The van der Waals surface area contributed by atoms with Crippen LogP contribution in [0, 0.1) is 0 Å². The summed E-state index contributed by atoms with van der Waals surface area (Å²) in [7, 11) is 3.44. The number of aromatic nitrogens is 1. The van der Waals surface area contributed by atoms with Crippen LogP contribution in [-0.4, -0.2) is 26.3 Å². The highest BCUT2D eigenvalue weighted by atomic mass is 127. The Balaban J connectivity index is 2.25. The Morgan fingerprint density at radius 2 is 2.00 bits per heavy atom. The summed E-state index contributed by atoms with van der Waals surface area (Å²) in [5.41, 5.74) is 1.47. The zero-order valence-corrected chi connectivity index (χ0v) is 17.2. The van der Waals surface area contributed by atoms with Crippen LogP contribution >= 0.6 is 22.6 Å². The third-order valence-corrected chi connectivity index (χ3v) is 7.35. The molecule has 4 rings (SSSR count). The van der Waals surface area contributed by atoms with E-state index >= 15 is 0 Å². The first-order chi connectivity index (χ1) is 12.3. The van der Waals surface area contributed by atoms with Gasteiger partial charge in [-0.1, -0.05) is 34.7 Å². The molecule has 0 fully saturated rings. The van der Waals surface area contributed by atoms with Crippen molar-refractivity contribution in [2.45, 2.75) is 29.5 Å². The minimum atomic E-state index is -0.755. The van der Waals surface area contributed by atoms with Crippen molar-refractivity contribution in [3.8, 4) is 11.5 Å². The largest absolute Gasteiger partial charge is 0.496 e. The molecule has 26 heavy (non-hydrogen) atoms. The summed E-state index contributed by atoms with van der Waals surface area (Å²) in [4.78, 5) is 13.2. The maximum Gasteiger partial charge on any atom is 0.200 e. The molecule has 5 nitrogen and oxygen atoms in total. The number of aliphatic hydroxyl groups excluding tert-OH is 1. The predicted octanol–water partition coefficient (Wildman–Crippen LogP) is 3.71. The quantitative estimate of drug-likeness (QED) is 0.338. The van der Waals surface area contributed by atoms with Crippen molar-refractivity contribution in [1.29, 1.82) is 0 Å². The number of hydrogen-bond acceptors (Lipinski definition) is 4. The minimum absolute atomic E-state index is 0.101. The fraction of sp³-hybridized carbons (Fsp3) is 0.350. The van der Waals surface area contributed by atoms with Crippen LogP contribution in [0.1, 0.15) is 25.5 Å². The average Bonchev–Trinajstić information content (AvgIpc) is 2.62. The molecule has 0 bridgehead atoms. The van der Waals surface area contributed by atoms with Crippen LogP contribution in [-0.2, 0) is 7.05 Å². The predicted molar refractivity (Wildman–Crippen MR) is 111 cm³/mol. The highest BCUT2D eigenvalue weighted by Crippen LogP contribution is 2.48. The Hall–Kier alpha value is -1.80. The van der Waals surface area contributed by atoms with Crippen molar-refractivity contribution >= 4 is 44.4 Å². The van der Waals surface area contributed by atoms with Crippen LogP contribution in [0.15, 0.2) is 35.1 Å². The van der Waals surface area contributed by atoms with E-state index in [0.29, 0.717) is 33.4 Å². The van der Waals surface area contributed by atoms with Gasteiger partial charge in [-0.2, -0.15) is 0 Å². The fourth-order valence-electron chi connectivity index (χ4n) is 3.82. The average molecular weight is 465 g/mol. The van der Waals surface area contributed by atoms with E-state index < -0.39 is 11.7 Å². The highest BCUT2D eigenvalue weighted by molar-refractivity contribution is 14.1. The lowest BCUT2D eigenvalue weighted by atomic mass is 9.89. The van der Waals surface area contributed by atoms with E-state index in [9.17, 15) is 9.90 Å². The maximum absolute atomic E-state index is 13.2. The molecular formula is C20H20INO4. The molecule has 2 aromatic carbocycles. The molecule has 0 aliphatic carbocycles. The van der Waals surface area contributed by atoms with E-state index in [1.54, 1.807) is 13.2 Å². The van der Waals surface area contributed by atoms with Gasteiger partial charge in [0.2, 0.25) is 5.43 Å². The van der Waals surface area contributed by atoms with E-state index in [-0.39, 0.29) is 9.35 Å². The van der Waals surface area contributed by atoms with E-state index in [1.807, 2.05) is 49.7 Å². The van der Waals surface area contributed by atoms with Crippen LogP contribution in [0.3, 0.4) is 0 Å². The van der Waals surface area contributed by atoms with Gasteiger partial charge >= 0.3 is 0 Å². The third kappa shape index (κ3) is 2.28.